The molecule has 0 saturated carbocycles. The van der Waals surface area contributed by atoms with Crippen LogP contribution in [0, 0.1) is 12.7 Å². The van der Waals surface area contributed by atoms with Crippen molar-refractivity contribution in [2.45, 2.75) is 27.2 Å². The summed E-state index contributed by atoms with van der Waals surface area (Å²) in [6.45, 7) is 5.42. The van der Waals surface area contributed by atoms with Crippen LogP contribution in [0.3, 0.4) is 0 Å². The summed E-state index contributed by atoms with van der Waals surface area (Å²) in [5, 5.41) is 2.95. The van der Waals surface area contributed by atoms with Crippen LogP contribution < -0.4 is 15.6 Å². The van der Waals surface area contributed by atoms with Crippen LogP contribution >= 0.6 is 0 Å². The monoisotopic (exact) mass is 351 g/mol. The summed E-state index contributed by atoms with van der Waals surface area (Å²) in [5.74, 6) is 0.390. The molecular formula is C17H22FN3O2S. The normalized spacial score (nSPS) is 12.0. The maximum atomic E-state index is 14.3. The minimum atomic E-state index is -1.28. The van der Waals surface area contributed by atoms with Crippen molar-refractivity contribution < 1.29 is 8.60 Å². The molecule has 0 spiro atoms. The van der Waals surface area contributed by atoms with E-state index in [1.54, 1.807) is 33.0 Å². The number of benzene rings is 1. The van der Waals surface area contributed by atoms with Crippen LogP contribution in [-0.2, 0) is 24.5 Å². The highest BCUT2D eigenvalue weighted by molar-refractivity contribution is 7.86. The van der Waals surface area contributed by atoms with Gasteiger partial charge in [-0.15, -0.1) is 0 Å². The number of hydrogen-bond donors (Lipinski definition) is 2. The van der Waals surface area contributed by atoms with Gasteiger partial charge in [-0.3, -0.25) is 9.36 Å². The number of anilines is 3. The maximum Gasteiger partial charge on any atom is 0.254 e. The number of pyridine rings is 1. The molecule has 1 heterocycles. The molecule has 1 unspecified atom stereocenters. The van der Waals surface area contributed by atoms with Gasteiger partial charge in [-0.05, 0) is 37.1 Å². The van der Waals surface area contributed by atoms with E-state index in [2.05, 4.69) is 10.0 Å². The zero-order chi connectivity index (χ0) is 17.9. The molecule has 2 N–H and O–H groups in total. The Kier molecular flexibility index (Phi) is 5.77. The highest BCUT2D eigenvalue weighted by Crippen LogP contribution is 2.27. The summed E-state index contributed by atoms with van der Waals surface area (Å²) >= 11 is 0. The fraction of sp³-hybridized carbons (Fsp3) is 0.353. The molecule has 1 aromatic carbocycles. The van der Waals surface area contributed by atoms with Gasteiger partial charge in [0, 0.05) is 18.4 Å². The molecule has 1 atom stereocenters. The van der Waals surface area contributed by atoms with E-state index >= 15 is 0 Å². The summed E-state index contributed by atoms with van der Waals surface area (Å²) in [4.78, 5) is 12.2. The van der Waals surface area contributed by atoms with Crippen LogP contribution in [0.1, 0.15) is 25.0 Å². The molecule has 1 aromatic heterocycles. The van der Waals surface area contributed by atoms with E-state index in [-0.39, 0.29) is 11.2 Å². The smallest absolute Gasteiger partial charge is 0.254 e. The van der Waals surface area contributed by atoms with Crippen LogP contribution in [0.4, 0.5) is 21.6 Å². The number of aromatic nitrogens is 1. The van der Waals surface area contributed by atoms with E-state index in [1.807, 2.05) is 13.0 Å². The van der Waals surface area contributed by atoms with Gasteiger partial charge in [0.1, 0.15) is 22.6 Å². The van der Waals surface area contributed by atoms with Crippen molar-refractivity contribution in [2.75, 3.05) is 15.8 Å². The first kappa shape index (κ1) is 18.2. The van der Waals surface area contributed by atoms with Gasteiger partial charge in [0.2, 0.25) is 0 Å². The lowest BCUT2D eigenvalue weighted by molar-refractivity contribution is 0.629. The van der Waals surface area contributed by atoms with Crippen LogP contribution in [-0.4, -0.2) is 14.5 Å². The molecule has 0 bridgehead atoms. The van der Waals surface area contributed by atoms with Gasteiger partial charge in [-0.1, -0.05) is 19.9 Å². The summed E-state index contributed by atoms with van der Waals surface area (Å²) < 4.78 is 30.4. The lowest BCUT2D eigenvalue weighted by Gasteiger charge is -2.18. The number of hydrogen-bond acceptors (Lipinski definition) is 3. The van der Waals surface area contributed by atoms with Crippen molar-refractivity contribution in [3.05, 3.63) is 51.6 Å². The van der Waals surface area contributed by atoms with Gasteiger partial charge < -0.3 is 10.0 Å². The predicted octanol–water partition coefficient (Wildman–Crippen LogP) is 3.23. The highest BCUT2D eigenvalue weighted by Gasteiger charge is 2.14. The zero-order valence-corrected chi connectivity index (χ0v) is 15.1. The van der Waals surface area contributed by atoms with Gasteiger partial charge in [0.05, 0.1) is 11.4 Å². The molecule has 2 aromatic rings. The Morgan fingerprint density at radius 3 is 2.50 bits per heavy atom. The standard InChI is InChI=1S/C17H22FN3O2S/c1-5-12-7-8-14(13(18)10-12)19-16-15(20-24(23)6-2)9-11(3)17(22)21(16)4/h7-10,19-20H,5-6H2,1-4H3. The van der Waals surface area contributed by atoms with Gasteiger partial charge in [-0.25, -0.2) is 8.60 Å². The number of nitrogens with one attached hydrogen (secondary N) is 2. The predicted molar refractivity (Wildman–Crippen MR) is 97.8 cm³/mol. The SMILES string of the molecule is CCc1ccc(Nc2c(NS(=O)CC)cc(C)c(=O)n2C)c(F)c1. The molecule has 0 aliphatic heterocycles. The molecule has 0 saturated heterocycles. The maximum absolute atomic E-state index is 14.3. The Balaban J connectivity index is 2.50. The summed E-state index contributed by atoms with van der Waals surface area (Å²) in [6, 6.07) is 6.55. The van der Waals surface area contributed by atoms with Crippen molar-refractivity contribution in [1.82, 2.24) is 4.57 Å². The molecule has 7 heteroatoms. The molecule has 24 heavy (non-hydrogen) atoms. The largest absolute Gasteiger partial charge is 0.337 e. The molecule has 0 aliphatic rings. The molecule has 0 fully saturated rings. The average molecular weight is 351 g/mol. The van der Waals surface area contributed by atoms with E-state index in [0.717, 1.165) is 12.0 Å². The topological polar surface area (TPSA) is 63.1 Å². The van der Waals surface area contributed by atoms with Crippen molar-refractivity contribution in [1.29, 1.82) is 0 Å². The van der Waals surface area contributed by atoms with Crippen molar-refractivity contribution >= 4 is 28.2 Å². The van der Waals surface area contributed by atoms with E-state index in [9.17, 15) is 13.4 Å². The lowest BCUT2D eigenvalue weighted by Crippen LogP contribution is -2.24. The van der Waals surface area contributed by atoms with E-state index in [1.165, 1.54) is 10.6 Å². The highest BCUT2D eigenvalue weighted by atomic mass is 32.2. The molecule has 5 nitrogen and oxygen atoms in total. The Morgan fingerprint density at radius 2 is 1.92 bits per heavy atom. The fourth-order valence-electron chi connectivity index (χ4n) is 2.32. The van der Waals surface area contributed by atoms with Gasteiger partial charge in [0.25, 0.3) is 5.56 Å². The number of nitrogens with zero attached hydrogens (tertiary/aromatic N) is 1. The van der Waals surface area contributed by atoms with E-state index in [4.69, 9.17) is 0 Å². The summed E-state index contributed by atoms with van der Waals surface area (Å²) in [6.07, 6.45) is 0.739. The van der Waals surface area contributed by atoms with Gasteiger partial charge in [0.15, 0.2) is 0 Å². The second-order valence-corrected chi connectivity index (χ2v) is 6.96. The van der Waals surface area contributed by atoms with E-state index in [0.29, 0.717) is 22.8 Å². The second kappa shape index (κ2) is 7.61. The third-order valence-corrected chi connectivity index (χ3v) is 4.75. The third kappa shape index (κ3) is 3.84. The number of halogens is 1. The van der Waals surface area contributed by atoms with Crippen LogP contribution in [0.15, 0.2) is 29.1 Å². The zero-order valence-electron chi connectivity index (χ0n) is 14.3. The lowest BCUT2D eigenvalue weighted by atomic mass is 10.1. The summed E-state index contributed by atoms with van der Waals surface area (Å²) in [7, 11) is 0.314. The van der Waals surface area contributed by atoms with Crippen molar-refractivity contribution in [3.63, 3.8) is 0 Å². The quantitative estimate of drug-likeness (QED) is 0.840. The minimum Gasteiger partial charge on any atom is -0.337 e. The van der Waals surface area contributed by atoms with Gasteiger partial charge >= 0.3 is 0 Å². The molecule has 2 rings (SSSR count). The minimum absolute atomic E-state index is 0.198. The molecule has 0 aliphatic carbocycles. The Bertz CT molecular complexity index is 833. The summed E-state index contributed by atoms with van der Waals surface area (Å²) in [5.41, 5.74) is 1.96. The number of aryl methyl sites for hydroxylation is 2. The Hall–Kier alpha value is -2.15. The first-order valence-corrected chi connectivity index (χ1v) is 9.10. The van der Waals surface area contributed by atoms with Crippen LogP contribution in [0.5, 0.6) is 0 Å². The fourth-order valence-corrected chi connectivity index (χ4v) is 2.87. The van der Waals surface area contributed by atoms with Gasteiger partial charge in [-0.2, -0.15) is 0 Å². The van der Waals surface area contributed by atoms with Crippen molar-refractivity contribution in [2.24, 2.45) is 7.05 Å². The van der Waals surface area contributed by atoms with Crippen LogP contribution in [0.25, 0.3) is 0 Å². The first-order valence-electron chi connectivity index (χ1n) is 7.78. The van der Waals surface area contributed by atoms with Crippen LogP contribution in [0.2, 0.25) is 0 Å². The third-order valence-electron chi connectivity index (χ3n) is 3.77. The Labute approximate surface area is 143 Å². The number of rotatable bonds is 6. The molecular weight excluding hydrogens is 329 g/mol. The first-order chi connectivity index (χ1) is 11.4. The van der Waals surface area contributed by atoms with E-state index < -0.39 is 16.8 Å². The Morgan fingerprint density at radius 1 is 1.21 bits per heavy atom. The molecule has 130 valence electrons. The molecule has 0 amide bonds. The van der Waals surface area contributed by atoms with Crippen molar-refractivity contribution in [3.8, 4) is 0 Å². The average Bonchev–Trinajstić information content (AvgIpc) is 2.57. The molecule has 0 radical (unpaired) electrons. The second-order valence-electron chi connectivity index (χ2n) is 5.48.